The molecule has 0 spiro atoms. The first-order valence-electron chi connectivity index (χ1n) is 9.86. The number of piperidine rings is 1. The number of alkyl halides is 3. The largest absolute Gasteiger partial charge is 0.511 e. The van der Waals surface area contributed by atoms with Crippen LogP contribution in [0.4, 0.5) is 13.2 Å². The molecule has 0 atom stereocenters. The van der Waals surface area contributed by atoms with E-state index in [1.807, 2.05) is 37.3 Å². The molecule has 31 heavy (non-hydrogen) atoms. The maximum absolute atomic E-state index is 12.7. The average molecular weight is 573 g/mol. The van der Waals surface area contributed by atoms with Gasteiger partial charge in [-0.05, 0) is 43.2 Å². The van der Waals surface area contributed by atoms with Gasteiger partial charge in [0.2, 0.25) is 0 Å². The molecular formula is C19H27F3IN5O2S. The van der Waals surface area contributed by atoms with Crippen LogP contribution < -0.4 is 10.6 Å². The molecule has 3 rings (SSSR count). The second-order valence-electron chi connectivity index (χ2n) is 7.25. The van der Waals surface area contributed by atoms with Gasteiger partial charge in [0.05, 0.1) is 6.54 Å². The van der Waals surface area contributed by atoms with E-state index < -0.39 is 15.5 Å². The quantitative estimate of drug-likeness (QED) is 0.281. The molecule has 1 saturated heterocycles. The van der Waals surface area contributed by atoms with E-state index in [4.69, 9.17) is 0 Å². The topological polar surface area (TPSA) is 89.6 Å². The van der Waals surface area contributed by atoms with Crippen molar-refractivity contribution in [1.82, 2.24) is 19.9 Å². The highest BCUT2D eigenvalue weighted by molar-refractivity contribution is 14.0. The SMILES string of the molecule is CCNC(=NCc1cc2ccccc2[nH]1)NCC1CCN(S(=O)(=O)C(F)(F)F)CC1.I. The van der Waals surface area contributed by atoms with E-state index in [-0.39, 0.29) is 43.0 Å². The van der Waals surface area contributed by atoms with Gasteiger partial charge in [0.25, 0.3) is 0 Å². The Kier molecular flexibility index (Phi) is 9.01. The summed E-state index contributed by atoms with van der Waals surface area (Å²) in [5, 5.41) is 7.47. The molecule has 1 aliphatic heterocycles. The lowest BCUT2D eigenvalue weighted by molar-refractivity contribution is -0.0496. The van der Waals surface area contributed by atoms with Crippen molar-refractivity contribution in [1.29, 1.82) is 0 Å². The van der Waals surface area contributed by atoms with Gasteiger partial charge in [-0.25, -0.2) is 13.4 Å². The summed E-state index contributed by atoms with van der Waals surface area (Å²) >= 11 is 0. The smallest absolute Gasteiger partial charge is 0.357 e. The Labute approximate surface area is 196 Å². The molecule has 1 aliphatic rings. The summed E-state index contributed by atoms with van der Waals surface area (Å²) in [7, 11) is -5.24. The van der Waals surface area contributed by atoms with Gasteiger partial charge in [-0.1, -0.05) is 18.2 Å². The minimum Gasteiger partial charge on any atom is -0.357 e. The summed E-state index contributed by atoms with van der Waals surface area (Å²) in [6, 6.07) is 9.99. The van der Waals surface area contributed by atoms with Crippen molar-refractivity contribution < 1.29 is 21.6 Å². The summed E-state index contributed by atoms with van der Waals surface area (Å²) in [5.41, 5.74) is -3.23. The summed E-state index contributed by atoms with van der Waals surface area (Å²) in [4.78, 5) is 7.87. The van der Waals surface area contributed by atoms with Gasteiger partial charge in [-0.15, -0.1) is 24.0 Å². The molecule has 12 heteroatoms. The molecule has 1 aromatic heterocycles. The third-order valence-electron chi connectivity index (χ3n) is 5.10. The fourth-order valence-electron chi connectivity index (χ4n) is 3.47. The zero-order chi connectivity index (χ0) is 21.8. The molecule has 7 nitrogen and oxygen atoms in total. The fourth-order valence-corrected chi connectivity index (χ4v) is 4.45. The molecule has 3 N–H and O–H groups in total. The Morgan fingerprint density at radius 1 is 1.23 bits per heavy atom. The van der Waals surface area contributed by atoms with E-state index in [1.165, 1.54) is 0 Å². The Morgan fingerprint density at radius 2 is 1.90 bits per heavy atom. The molecule has 1 aromatic carbocycles. The van der Waals surface area contributed by atoms with E-state index in [0.29, 0.717) is 42.7 Å². The zero-order valence-electron chi connectivity index (χ0n) is 17.1. The number of nitrogens with one attached hydrogen (secondary N) is 3. The average Bonchev–Trinajstić information content (AvgIpc) is 3.12. The van der Waals surface area contributed by atoms with Crippen LogP contribution in [0.5, 0.6) is 0 Å². The number of nitrogens with zero attached hydrogens (tertiary/aromatic N) is 2. The van der Waals surface area contributed by atoms with E-state index in [9.17, 15) is 21.6 Å². The van der Waals surface area contributed by atoms with Crippen LogP contribution >= 0.6 is 24.0 Å². The number of aliphatic imine (C=N–C) groups is 1. The van der Waals surface area contributed by atoms with Crippen molar-refractivity contribution in [3.8, 4) is 0 Å². The number of aromatic nitrogens is 1. The molecule has 1 fully saturated rings. The lowest BCUT2D eigenvalue weighted by atomic mass is 9.98. The number of sulfonamides is 1. The molecule has 0 radical (unpaired) electrons. The van der Waals surface area contributed by atoms with E-state index >= 15 is 0 Å². The molecule has 2 aromatic rings. The van der Waals surface area contributed by atoms with Crippen LogP contribution in [-0.2, 0) is 16.6 Å². The number of para-hydroxylation sites is 1. The number of hydrogen-bond acceptors (Lipinski definition) is 3. The van der Waals surface area contributed by atoms with Gasteiger partial charge >= 0.3 is 15.5 Å². The monoisotopic (exact) mass is 573 g/mol. The molecule has 2 heterocycles. The Hall–Kier alpha value is -1.54. The highest BCUT2D eigenvalue weighted by atomic mass is 127. The van der Waals surface area contributed by atoms with E-state index in [0.717, 1.165) is 16.6 Å². The van der Waals surface area contributed by atoms with Crippen LogP contribution in [0.3, 0.4) is 0 Å². The second kappa shape index (κ2) is 10.9. The molecular weight excluding hydrogens is 546 g/mol. The van der Waals surface area contributed by atoms with Crippen LogP contribution in [0.25, 0.3) is 10.9 Å². The first-order chi connectivity index (χ1) is 14.2. The molecule has 174 valence electrons. The number of benzene rings is 1. The predicted octanol–water partition coefficient (Wildman–Crippen LogP) is 3.40. The second-order valence-corrected chi connectivity index (χ2v) is 9.18. The van der Waals surface area contributed by atoms with Crippen LogP contribution in [0.2, 0.25) is 0 Å². The van der Waals surface area contributed by atoms with Crippen LogP contribution in [0, 0.1) is 5.92 Å². The third kappa shape index (κ3) is 6.48. The van der Waals surface area contributed by atoms with Crippen LogP contribution in [-0.4, -0.2) is 55.4 Å². The highest BCUT2D eigenvalue weighted by Crippen LogP contribution is 2.30. The van der Waals surface area contributed by atoms with E-state index in [2.05, 4.69) is 20.6 Å². The molecule has 0 bridgehead atoms. The highest BCUT2D eigenvalue weighted by Gasteiger charge is 2.50. The Balaban J connectivity index is 0.00000341. The number of aromatic amines is 1. The summed E-state index contributed by atoms with van der Waals surface area (Å²) in [6.45, 7) is 3.32. The maximum atomic E-state index is 12.7. The number of guanidine groups is 1. The van der Waals surface area contributed by atoms with Crippen LogP contribution in [0.1, 0.15) is 25.5 Å². The van der Waals surface area contributed by atoms with Crippen LogP contribution in [0.15, 0.2) is 35.3 Å². The molecule has 0 amide bonds. The molecule has 0 unspecified atom stereocenters. The summed E-state index contributed by atoms with van der Waals surface area (Å²) < 4.78 is 61.6. The Bertz CT molecular complexity index is 953. The van der Waals surface area contributed by atoms with Gasteiger partial charge in [-0.3, -0.25) is 0 Å². The van der Waals surface area contributed by atoms with Crippen molar-refractivity contribution in [3.63, 3.8) is 0 Å². The molecule has 0 aliphatic carbocycles. The van der Waals surface area contributed by atoms with Gasteiger partial charge in [0, 0.05) is 37.4 Å². The fraction of sp³-hybridized carbons (Fsp3) is 0.526. The summed E-state index contributed by atoms with van der Waals surface area (Å²) in [5.74, 6) is 0.683. The van der Waals surface area contributed by atoms with Gasteiger partial charge < -0.3 is 15.6 Å². The minimum absolute atomic E-state index is 0. The predicted molar refractivity (Wildman–Crippen MR) is 126 cm³/mol. The maximum Gasteiger partial charge on any atom is 0.511 e. The molecule has 0 saturated carbocycles. The van der Waals surface area contributed by atoms with Crippen molar-refractivity contribution in [2.75, 3.05) is 26.2 Å². The van der Waals surface area contributed by atoms with Gasteiger partial charge in [0.15, 0.2) is 5.96 Å². The minimum atomic E-state index is -5.24. The zero-order valence-corrected chi connectivity index (χ0v) is 20.2. The lowest BCUT2D eigenvalue weighted by Gasteiger charge is -2.31. The Morgan fingerprint density at radius 3 is 2.52 bits per heavy atom. The summed E-state index contributed by atoms with van der Waals surface area (Å²) in [6.07, 6.45) is 0.730. The first kappa shape index (κ1) is 25.7. The number of fused-ring (bicyclic) bond motifs is 1. The van der Waals surface area contributed by atoms with Crippen molar-refractivity contribution >= 4 is 50.9 Å². The van der Waals surface area contributed by atoms with E-state index in [1.54, 1.807) is 0 Å². The number of hydrogen-bond donors (Lipinski definition) is 3. The first-order valence-corrected chi connectivity index (χ1v) is 11.3. The van der Waals surface area contributed by atoms with Crippen molar-refractivity contribution in [3.05, 3.63) is 36.0 Å². The number of rotatable bonds is 6. The number of H-pyrrole nitrogens is 1. The normalized spacial score (nSPS) is 16.8. The third-order valence-corrected chi connectivity index (χ3v) is 6.73. The van der Waals surface area contributed by atoms with Gasteiger partial charge in [-0.2, -0.15) is 17.5 Å². The lowest BCUT2D eigenvalue weighted by Crippen LogP contribution is -2.47. The number of halogens is 4. The van der Waals surface area contributed by atoms with Crippen molar-refractivity contribution in [2.45, 2.75) is 31.8 Å². The van der Waals surface area contributed by atoms with Gasteiger partial charge in [0.1, 0.15) is 0 Å². The van der Waals surface area contributed by atoms with Crippen molar-refractivity contribution in [2.24, 2.45) is 10.9 Å². The standard InChI is InChI=1S/C19H26F3N5O2S.HI/c1-2-23-18(25-13-16-11-15-5-3-4-6-17(15)26-16)24-12-14-7-9-27(10-8-14)30(28,29)19(20,21)22;/h3-6,11,14,26H,2,7-10,12-13H2,1H3,(H2,23,24,25);1H.